The van der Waals surface area contributed by atoms with E-state index in [0.717, 1.165) is 10.2 Å². The van der Waals surface area contributed by atoms with Gasteiger partial charge >= 0.3 is 5.76 Å². The number of aromatic nitrogens is 2. The Balaban J connectivity index is 1.35. The Kier molecular flexibility index (Phi) is 6.16. The van der Waals surface area contributed by atoms with Crippen molar-refractivity contribution in [2.45, 2.75) is 6.54 Å². The van der Waals surface area contributed by atoms with Crippen molar-refractivity contribution in [1.82, 2.24) is 19.0 Å². The summed E-state index contributed by atoms with van der Waals surface area (Å²) < 4.78 is 32.6. The lowest BCUT2D eigenvalue weighted by molar-refractivity contribution is -0.133. The fraction of sp³-hybridized carbons (Fsp3) is 0.250. The zero-order valence-electron chi connectivity index (χ0n) is 16.5. The highest BCUT2D eigenvalue weighted by molar-refractivity contribution is 7.92. The molecular formula is C20H20N4O5S2. The number of amides is 1. The van der Waals surface area contributed by atoms with E-state index in [1.807, 2.05) is 41.8 Å². The van der Waals surface area contributed by atoms with Crippen LogP contribution in [0.2, 0.25) is 0 Å². The van der Waals surface area contributed by atoms with Gasteiger partial charge in [0.05, 0.1) is 4.88 Å². The molecule has 162 valence electrons. The van der Waals surface area contributed by atoms with Gasteiger partial charge in [0.1, 0.15) is 6.54 Å². The quantitative estimate of drug-likeness (QED) is 0.555. The van der Waals surface area contributed by atoms with Crippen LogP contribution in [0.3, 0.4) is 0 Å². The van der Waals surface area contributed by atoms with Crippen LogP contribution in [0.25, 0.3) is 16.8 Å². The maximum Gasteiger partial charge on any atom is 0.437 e. The number of benzene rings is 1. The molecule has 0 aliphatic carbocycles. The van der Waals surface area contributed by atoms with E-state index in [1.54, 1.807) is 12.1 Å². The summed E-state index contributed by atoms with van der Waals surface area (Å²) in [5.74, 6) is -0.845. The highest BCUT2D eigenvalue weighted by Gasteiger charge is 2.28. The lowest BCUT2D eigenvalue weighted by Gasteiger charge is -2.33. The SMILES string of the molecule is O=C(Cn1nc(-c2cccs2)oc1=O)N1CCN(S(=O)(=O)/C=C/c2ccccc2)CC1. The molecule has 0 unspecified atom stereocenters. The Morgan fingerprint density at radius 1 is 1.10 bits per heavy atom. The average molecular weight is 461 g/mol. The zero-order chi connectivity index (χ0) is 21.8. The number of thiophene rings is 1. The summed E-state index contributed by atoms with van der Waals surface area (Å²) in [7, 11) is -3.58. The molecule has 9 nitrogen and oxygen atoms in total. The molecule has 3 aromatic rings. The fourth-order valence-electron chi connectivity index (χ4n) is 3.14. The highest BCUT2D eigenvalue weighted by Crippen LogP contribution is 2.21. The van der Waals surface area contributed by atoms with E-state index >= 15 is 0 Å². The lowest BCUT2D eigenvalue weighted by atomic mass is 10.2. The number of carbonyl (C=O) groups is 1. The standard InChI is InChI=1S/C20H20N4O5S2/c25-18(15-24-20(26)29-19(21-24)17-7-4-13-30-17)22-9-11-23(12-10-22)31(27,28)14-8-16-5-2-1-3-6-16/h1-8,13-14H,9-12,15H2/b14-8+. The molecule has 0 N–H and O–H groups in total. The van der Waals surface area contributed by atoms with Gasteiger partial charge in [-0.05, 0) is 23.1 Å². The third-order valence-electron chi connectivity index (χ3n) is 4.81. The van der Waals surface area contributed by atoms with Gasteiger partial charge in [0.15, 0.2) is 0 Å². The first-order valence-corrected chi connectivity index (χ1v) is 11.9. The second kappa shape index (κ2) is 9.00. The molecule has 31 heavy (non-hydrogen) atoms. The van der Waals surface area contributed by atoms with Crippen LogP contribution in [0.5, 0.6) is 0 Å². The summed E-state index contributed by atoms with van der Waals surface area (Å²) in [5.41, 5.74) is 0.792. The molecule has 0 atom stereocenters. The first-order valence-electron chi connectivity index (χ1n) is 9.55. The molecule has 1 aromatic carbocycles. The summed E-state index contributed by atoms with van der Waals surface area (Å²) in [6.45, 7) is 0.584. The Hall–Kier alpha value is -3.02. The number of piperazine rings is 1. The van der Waals surface area contributed by atoms with E-state index in [9.17, 15) is 18.0 Å². The number of hydrogen-bond donors (Lipinski definition) is 0. The van der Waals surface area contributed by atoms with E-state index < -0.39 is 15.8 Å². The van der Waals surface area contributed by atoms with Gasteiger partial charge in [-0.1, -0.05) is 36.4 Å². The van der Waals surface area contributed by atoms with Crippen molar-refractivity contribution in [3.8, 4) is 10.8 Å². The van der Waals surface area contributed by atoms with E-state index in [0.29, 0.717) is 4.88 Å². The van der Waals surface area contributed by atoms with E-state index in [1.165, 1.54) is 25.9 Å². The van der Waals surface area contributed by atoms with Crippen LogP contribution < -0.4 is 5.76 Å². The molecule has 1 fully saturated rings. The van der Waals surface area contributed by atoms with E-state index in [-0.39, 0.29) is 44.5 Å². The minimum atomic E-state index is -3.58. The number of sulfonamides is 1. The third kappa shape index (κ3) is 5.01. The topological polar surface area (TPSA) is 106 Å². The summed E-state index contributed by atoms with van der Waals surface area (Å²) in [5, 5.41) is 7.10. The Labute approximate surface area is 182 Å². The molecule has 3 heterocycles. The monoisotopic (exact) mass is 460 g/mol. The molecule has 1 aliphatic rings. The maximum atomic E-state index is 12.6. The fourth-order valence-corrected chi connectivity index (χ4v) is 4.96. The van der Waals surface area contributed by atoms with E-state index in [2.05, 4.69) is 5.10 Å². The minimum absolute atomic E-state index is 0.175. The van der Waals surface area contributed by atoms with Crippen LogP contribution >= 0.6 is 11.3 Å². The second-order valence-electron chi connectivity index (χ2n) is 6.85. The van der Waals surface area contributed by atoms with E-state index in [4.69, 9.17) is 4.42 Å². The molecule has 0 bridgehead atoms. The van der Waals surface area contributed by atoms with Gasteiger partial charge in [-0.3, -0.25) is 4.79 Å². The lowest BCUT2D eigenvalue weighted by Crippen LogP contribution is -2.51. The van der Waals surface area contributed by atoms with Crippen LogP contribution in [0.15, 0.2) is 62.5 Å². The van der Waals surface area contributed by atoms with Crippen molar-refractivity contribution >= 4 is 33.3 Å². The summed E-state index contributed by atoms with van der Waals surface area (Å²) in [4.78, 5) is 26.8. The zero-order valence-corrected chi connectivity index (χ0v) is 18.1. The molecule has 2 aromatic heterocycles. The van der Waals surface area contributed by atoms with Gasteiger partial charge in [0.2, 0.25) is 15.9 Å². The first-order chi connectivity index (χ1) is 14.9. The molecule has 4 rings (SSSR count). The number of carbonyl (C=O) groups excluding carboxylic acids is 1. The Bertz CT molecular complexity index is 1220. The van der Waals surface area contributed by atoms with Crippen LogP contribution in [0.4, 0.5) is 0 Å². The van der Waals surface area contributed by atoms with Crippen molar-refractivity contribution in [2.75, 3.05) is 26.2 Å². The summed E-state index contributed by atoms with van der Waals surface area (Å²) in [6, 6.07) is 12.7. The van der Waals surface area contributed by atoms with Crippen LogP contribution in [0, 0.1) is 0 Å². The molecule has 0 saturated carbocycles. The van der Waals surface area contributed by atoms with Gasteiger partial charge < -0.3 is 9.32 Å². The van der Waals surface area contributed by atoms with Crippen LogP contribution in [-0.4, -0.2) is 59.5 Å². The predicted octanol–water partition coefficient (Wildman–Crippen LogP) is 1.71. The van der Waals surface area contributed by atoms with Crippen molar-refractivity contribution < 1.29 is 17.6 Å². The minimum Gasteiger partial charge on any atom is -0.387 e. The van der Waals surface area contributed by atoms with Gasteiger partial charge in [-0.2, -0.15) is 8.99 Å². The van der Waals surface area contributed by atoms with Gasteiger partial charge in [0, 0.05) is 31.6 Å². The van der Waals surface area contributed by atoms with Crippen LogP contribution in [0.1, 0.15) is 5.56 Å². The predicted molar refractivity (Wildman–Crippen MR) is 117 cm³/mol. The largest absolute Gasteiger partial charge is 0.437 e. The van der Waals surface area contributed by atoms with Crippen molar-refractivity contribution in [1.29, 1.82) is 0 Å². The van der Waals surface area contributed by atoms with Gasteiger partial charge in [-0.15, -0.1) is 16.4 Å². The second-order valence-corrected chi connectivity index (χ2v) is 9.61. The summed E-state index contributed by atoms with van der Waals surface area (Å²) >= 11 is 1.38. The molecular weight excluding hydrogens is 440 g/mol. The van der Waals surface area contributed by atoms with Crippen molar-refractivity contribution in [3.05, 3.63) is 69.4 Å². The van der Waals surface area contributed by atoms with Crippen molar-refractivity contribution in [3.63, 3.8) is 0 Å². The molecule has 11 heteroatoms. The third-order valence-corrected chi connectivity index (χ3v) is 7.23. The number of rotatable bonds is 6. The summed E-state index contributed by atoms with van der Waals surface area (Å²) in [6.07, 6.45) is 1.55. The highest BCUT2D eigenvalue weighted by atomic mass is 32.2. The molecule has 1 saturated heterocycles. The molecule has 0 radical (unpaired) electrons. The number of nitrogens with zero attached hydrogens (tertiary/aromatic N) is 4. The Morgan fingerprint density at radius 3 is 2.52 bits per heavy atom. The number of hydrogen-bond acceptors (Lipinski definition) is 7. The molecule has 1 aliphatic heterocycles. The normalized spacial score (nSPS) is 15.5. The average Bonchev–Trinajstić information content (AvgIpc) is 3.43. The smallest absolute Gasteiger partial charge is 0.387 e. The van der Waals surface area contributed by atoms with Crippen LogP contribution in [-0.2, 0) is 21.4 Å². The first kappa shape index (κ1) is 21.2. The molecule has 0 spiro atoms. The maximum absolute atomic E-state index is 12.6. The van der Waals surface area contributed by atoms with Gasteiger partial charge in [-0.25, -0.2) is 13.2 Å². The Morgan fingerprint density at radius 2 is 1.84 bits per heavy atom. The van der Waals surface area contributed by atoms with Gasteiger partial charge in [0.25, 0.3) is 5.89 Å². The van der Waals surface area contributed by atoms with Crippen molar-refractivity contribution in [2.24, 2.45) is 0 Å². The molecule has 1 amide bonds.